The van der Waals surface area contributed by atoms with E-state index in [1.807, 2.05) is 0 Å². The molecule has 0 aromatic heterocycles. The minimum Gasteiger partial charge on any atom is -0.512 e. The molecule has 0 N–H and O–H groups in total. The fourth-order valence-electron chi connectivity index (χ4n) is 0. The topological polar surface area (TPSA) is 143 Å². The maximum Gasteiger partial charge on any atom is 2.00 e. The molecule has 0 atom stereocenters. The molecule has 15 heavy (non-hydrogen) atoms. The van der Waals surface area contributed by atoms with E-state index < -0.39 is 0 Å². The summed E-state index contributed by atoms with van der Waals surface area (Å²) in [5.41, 5.74) is 0. The molecule has 0 bridgehead atoms. The molecule has 0 heterocycles. The molecule has 0 rings (SSSR count). The summed E-state index contributed by atoms with van der Waals surface area (Å²) in [6.45, 7) is 28.5. The van der Waals surface area contributed by atoms with Crippen LogP contribution in [0.1, 0.15) is 0 Å². The van der Waals surface area contributed by atoms with Gasteiger partial charge in [-0.25, -0.2) is 0 Å². The van der Waals surface area contributed by atoms with E-state index in [0.717, 1.165) is 0 Å². The first-order valence-corrected chi connectivity index (χ1v) is 1.34. The Kier molecular flexibility index (Phi) is 83900. The quantitative estimate of drug-likeness (QED) is 0.360. The maximum atomic E-state index is 6.25. The zero-order valence-electron chi connectivity index (χ0n) is 7.39. The third-order valence-corrected chi connectivity index (χ3v) is 0. The van der Waals surface area contributed by atoms with Gasteiger partial charge in [-0.15, -0.1) is 0 Å². The van der Waals surface area contributed by atoms with Gasteiger partial charge < -0.3 is 71.0 Å². The van der Waals surface area contributed by atoms with Crippen LogP contribution >= 0.6 is 0 Å². The largest absolute Gasteiger partial charge is 2.00 e. The fourth-order valence-corrected chi connectivity index (χ4v) is 0. The van der Waals surface area contributed by atoms with Crippen LogP contribution in [0.2, 0.25) is 0 Å². The van der Waals surface area contributed by atoms with Crippen molar-refractivity contribution in [2.75, 3.05) is 0 Å². The van der Waals surface area contributed by atoms with E-state index in [9.17, 15) is 0 Å². The predicted molar refractivity (Wildman–Crippen MR) is 29.8 cm³/mol. The molecule has 0 aromatic carbocycles. The van der Waals surface area contributed by atoms with E-state index in [4.69, 9.17) is 71.0 Å². The Morgan fingerprint density at radius 2 is 0.333 bits per heavy atom. The molecule has 0 radical (unpaired) electrons. The normalized spacial score (nSPS) is 0.800. The van der Waals surface area contributed by atoms with E-state index in [1.165, 1.54) is 0 Å². The molecule has 0 unspecified atom stereocenters. The van der Waals surface area contributed by atoms with Gasteiger partial charge in [0.05, 0.1) is 0 Å². The summed E-state index contributed by atoms with van der Waals surface area (Å²) >= 11 is 0. The molecule has 9 heteroatoms. The Morgan fingerprint density at radius 3 is 0.333 bits per heavy atom. The first-order valence-electron chi connectivity index (χ1n) is 1.34. The zero-order chi connectivity index (χ0) is 12.0. The minimum atomic E-state index is 0. The van der Waals surface area contributed by atoms with Crippen molar-refractivity contribution in [3.63, 3.8) is 0 Å². The summed E-state index contributed by atoms with van der Waals surface area (Å²) in [5.74, 6) is 0. The van der Waals surface area contributed by atoms with Crippen molar-refractivity contribution in [3.05, 3.63) is 39.4 Å². The van der Waals surface area contributed by atoms with Crippen LogP contribution in [-0.4, -0.2) is 0 Å². The van der Waals surface area contributed by atoms with Gasteiger partial charge in [-0.05, 0) is 0 Å². The average molecular weight is 307 g/mol. The Bertz CT molecular complexity index is 101. The molecule has 6 nitrogen and oxygen atoms in total. The predicted octanol–water partition coefficient (Wildman–Crippen LogP) is -2.42. The van der Waals surface area contributed by atoms with Crippen molar-refractivity contribution in [2.24, 2.45) is 0 Å². The number of hydrogen-bond donors (Lipinski definition) is 0. The standard InChI is InChI=1S/6CN.2Fe.K/c6*1-2;;;/q6*-1;2*+2;+1. The molecule has 0 spiro atoms. The van der Waals surface area contributed by atoms with E-state index in [2.05, 4.69) is 0 Å². The molecular weight excluding hydrogens is 307 g/mol. The van der Waals surface area contributed by atoms with Crippen LogP contribution in [0.4, 0.5) is 0 Å². The average Bonchev–Trinajstić information content (AvgIpc) is 2.33. The molecule has 0 saturated heterocycles. The van der Waals surface area contributed by atoms with Gasteiger partial charge >= 0.3 is 85.5 Å². The van der Waals surface area contributed by atoms with Crippen molar-refractivity contribution in [3.8, 4) is 0 Å². The Balaban J connectivity index is -0.00000000396. The summed E-state index contributed by atoms with van der Waals surface area (Å²) in [7, 11) is 0. The second-order valence-electron chi connectivity index (χ2n) is 0. The van der Waals surface area contributed by atoms with Gasteiger partial charge in [-0.3, -0.25) is 0 Å². The first-order chi connectivity index (χ1) is 6.00. The summed E-state index contributed by atoms with van der Waals surface area (Å²) in [6, 6.07) is 0. The maximum absolute atomic E-state index is 6.25. The fraction of sp³-hybridized carbons (Fsp3) is 0. The molecule has 0 saturated carbocycles. The molecule has 72 valence electrons. The van der Waals surface area contributed by atoms with Gasteiger partial charge in [0.1, 0.15) is 0 Å². The third kappa shape index (κ3) is 12400. The van der Waals surface area contributed by atoms with Gasteiger partial charge in [0.25, 0.3) is 0 Å². The van der Waals surface area contributed by atoms with Gasteiger partial charge in [-0.2, -0.15) is 0 Å². The van der Waals surface area contributed by atoms with Crippen LogP contribution in [0.5, 0.6) is 0 Å². The van der Waals surface area contributed by atoms with Crippen molar-refractivity contribution in [1.29, 1.82) is 31.6 Å². The monoisotopic (exact) mass is 307 g/mol. The van der Waals surface area contributed by atoms with Crippen LogP contribution in [0, 0.1) is 71.0 Å². The van der Waals surface area contributed by atoms with Crippen LogP contribution in [0.3, 0.4) is 0 Å². The Morgan fingerprint density at radius 1 is 0.333 bits per heavy atom. The summed E-state index contributed by atoms with van der Waals surface area (Å²) in [4.78, 5) is 0. The molecule has 0 amide bonds. The summed E-state index contributed by atoms with van der Waals surface area (Å²) < 4.78 is 0. The molecular formula is C6Fe2KN6-. The third-order valence-electron chi connectivity index (χ3n) is 0. The smallest absolute Gasteiger partial charge is 0.512 e. The van der Waals surface area contributed by atoms with E-state index in [-0.39, 0.29) is 85.5 Å². The summed E-state index contributed by atoms with van der Waals surface area (Å²) in [5, 5.41) is 37.5. The second kappa shape index (κ2) is 14600. The van der Waals surface area contributed by atoms with E-state index in [1.54, 1.807) is 0 Å². The van der Waals surface area contributed by atoms with Crippen molar-refractivity contribution < 1.29 is 85.5 Å². The molecule has 0 fully saturated rings. The van der Waals surface area contributed by atoms with E-state index >= 15 is 0 Å². The summed E-state index contributed by atoms with van der Waals surface area (Å²) in [6.07, 6.45) is 0. The van der Waals surface area contributed by atoms with Crippen molar-refractivity contribution >= 4 is 0 Å². The van der Waals surface area contributed by atoms with Gasteiger partial charge in [0, 0.05) is 0 Å². The SMILES string of the molecule is [C-]#N.[C-]#N.[C-]#N.[C-]#N.[C-]#N.[C-]#N.[Fe+2].[Fe+2].[K+]. The Hall–Kier alpha value is -0.385. The molecule has 0 aromatic rings. The minimum absolute atomic E-state index is 0. The van der Waals surface area contributed by atoms with Gasteiger partial charge in [0.2, 0.25) is 0 Å². The van der Waals surface area contributed by atoms with Crippen LogP contribution < -0.4 is 51.4 Å². The van der Waals surface area contributed by atoms with Gasteiger partial charge in [0.15, 0.2) is 0 Å². The molecule has 0 aliphatic rings. The number of hydrogen-bond acceptors (Lipinski definition) is 6. The number of nitrogens with zero attached hydrogens (tertiary/aromatic N) is 6. The van der Waals surface area contributed by atoms with Crippen LogP contribution in [0.15, 0.2) is 0 Å². The molecule has 0 aliphatic carbocycles. The van der Waals surface area contributed by atoms with Crippen LogP contribution in [0.25, 0.3) is 0 Å². The zero-order valence-corrected chi connectivity index (χ0v) is 12.7. The van der Waals surface area contributed by atoms with Crippen molar-refractivity contribution in [1.82, 2.24) is 0 Å². The molecule has 0 aliphatic heterocycles. The first kappa shape index (κ1) is 85.9. The van der Waals surface area contributed by atoms with Crippen molar-refractivity contribution in [2.45, 2.75) is 0 Å². The number of rotatable bonds is 0. The van der Waals surface area contributed by atoms with Gasteiger partial charge in [-0.1, -0.05) is 0 Å². The Labute approximate surface area is 154 Å². The van der Waals surface area contributed by atoms with E-state index in [0.29, 0.717) is 0 Å². The second-order valence-corrected chi connectivity index (χ2v) is 0. The van der Waals surface area contributed by atoms with Crippen LogP contribution in [-0.2, 0) is 34.1 Å².